The van der Waals surface area contributed by atoms with E-state index in [1.807, 2.05) is 0 Å². The second kappa shape index (κ2) is 10.5. The maximum absolute atomic E-state index is 13.0. The molecule has 31 heavy (non-hydrogen) atoms. The normalized spacial score (nSPS) is 16.8. The van der Waals surface area contributed by atoms with Gasteiger partial charge >= 0.3 is 18.1 Å². The average Bonchev–Trinajstić information content (AvgIpc) is 2.71. The lowest BCUT2D eigenvalue weighted by Crippen LogP contribution is -2.49. The maximum atomic E-state index is 13.0. The van der Waals surface area contributed by atoms with E-state index in [4.69, 9.17) is 9.47 Å². The van der Waals surface area contributed by atoms with Crippen molar-refractivity contribution in [3.8, 4) is 11.8 Å². The number of rotatable bonds is 6. The minimum Gasteiger partial charge on any atom is -0.465 e. The second-order valence-corrected chi connectivity index (χ2v) is 7.30. The molecule has 0 heterocycles. The number of halogens is 3. The van der Waals surface area contributed by atoms with E-state index in [-0.39, 0.29) is 31.8 Å². The van der Waals surface area contributed by atoms with E-state index in [0.717, 1.165) is 12.1 Å². The van der Waals surface area contributed by atoms with Gasteiger partial charge in [-0.3, -0.25) is 14.4 Å². The van der Waals surface area contributed by atoms with Gasteiger partial charge in [0.2, 0.25) is 0 Å². The van der Waals surface area contributed by atoms with Crippen molar-refractivity contribution >= 4 is 17.7 Å². The Bertz CT molecular complexity index is 844. The Morgan fingerprint density at radius 3 is 2.13 bits per heavy atom. The molecule has 0 N–H and O–H groups in total. The zero-order valence-electron chi connectivity index (χ0n) is 17.5. The highest BCUT2D eigenvalue weighted by Gasteiger charge is 2.55. The molecule has 2 rings (SSSR count). The molecule has 0 spiro atoms. The third-order valence-corrected chi connectivity index (χ3v) is 5.27. The first-order valence-corrected chi connectivity index (χ1v) is 10.2. The summed E-state index contributed by atoms with van der Waals surface area (Å²) in [6, 6.07) is 4.26. The van der Waals surface area contributed by atoms with Crippen LogP contribution in [0.25, 0.3) is 0 Å². The summed E-state index contributed by atoms with van der Waals surface area (Å²) in [4.78, 5) is 38.0. The molecule has 1 saturated carbocycles. The van der Waals surface area contributed by atoms with E-state index in [2.05, 4.69) is 11.8 Å². The molecular formula is C23H25F3O5. The van der Waals surface area contributed by atoms with Crippen molar-refractivity contribution in [3.63, 3.8) is 0 Å². The van der Waals surface area contributed by atoms with Crippen LogP contribution in [-0.4, -0.2) is 30.9 Å². The number of esters is 2. The Morgan fingerprint density at radius 1 is 1.06 bits per heavy atom. The molecule has 168 valence electrons. The van der Waals surface area contributed by atoms with Gasteiger partial charge in [-0.15, -0.1) is 0 Å². The van der Waals surface area contributed by atoms with Gasteiger partial charge in [-0.2, -0.15) is 13.2 Å². The quantitative estimate of drug-likeness (QED) is 0.376. The lowest BCUT2D eigenvalue weighted by Gasteiger charge is -2.36. The van der Waals surface area contributed by atoms with Gasteiger partial charge in [-0.05, 0) is 56.9 Å². The Morgan fingerprint density at radius 2 is 1.65 bits per heavy atom. The van der Waals surface area contributed by atoms with Crippen LogP contribution < -0.4 is 0 Å². The summed E-state index contributed by atoms with van der Waals surface area (Å²) in [6.45, 7) is 3.28. The molecule has 0 saturated heterocycles. The molecule has 5 nitrogen and oxygen atoms in total. The molecule has 1 aromatic carbocycles. The minimum atomic E-state index is -4.46. The van der Waals surface area contributed by atoms with Gasteiger partial charge in [0.25, 0.3) is 0 Å². The van der Waals surface area contributed by atoms with Crippen LogP contribution in [-0.2, 0) is 30.0 Å². The van der Waals surface area contributed by atoms with Crippen molar-refractivity contribution in [2.75, 3.05) is 13.2 Å². The number of benzene rings is 1. The predicted molar refractivity (Wildman–Crippen MR) is 106 cm³/mol. The van der Waals surface area contributed by atoms with Gasteiger partial charge in [0.15, 0.2) is 5.41 Å². The summed E-state index contributed by atoms with van der Waals surface area (Å²) >= 11 is 0. The average molecular weight is 438 g/mol. The second-order valence-electron chi connectivity index (χ2n) is 7.30. The zero-order chi connectivity index (χ0) is 23.1. The van der Waals surface area contributed by atoms with Crippen LogP contribution in [0.4, 0.5) is 13.2 Å². The summed E-state index contributed by atoms with van der Waals surface area (Å²) in [5.74, 6) is 3.19. The topological polar surface area (TPSA) is 69.7 Å². The van der Waals surface area contributed by atoms with Crippen LogP contribution in [0.3, 0.4) is 0 Å². The van der Waals surface area contributed by atoms with Crippen LogP contribution in [0, 0.1) is 23.2 Å². The molecule has 8 heteroatoms. The lowest BCUT2D eigenvalue weighted by atomic mass is 9.66. The molecule has 1 fully saturated rings. The third kappa shape index (κ3) is 5.87. The Balaban J connectivity index is 2.40. The molecule has 1 aromatic rings. The molecule has 0 bridgehead atoms. The molecule has 1 aliphatic carbocycles. The Hall–Kier alpha value is -2.82. The summed E-state index contributed by atoms with van der Waals surface area (Å²) in [5, 5.41) is 0. The number of carbonyl (C=O) groups excluding carboxylic acids is 3. The number of ketones is 1. The molecule has 0 amide bonds. The van der Waals surface area contributed by atoms with Crippen molar-refractivity contribution < 1.29 is 37.0 Å². The predicted octanol–water partition coefficient (Wildman–Crippen LogP) is 4.32. The van der Waals surface area contributed by atoms with Crippen LogP contribution in [0.1, 0.15) is 57.1 Å². The molecule has 1 atom stereocenters. The fraction of sp³-hybridized carbons (Fsp3) is 0.522. The van der Waals surface area contributed by atoms with Gasteiger partial charge in [-0.1, -0.05) is 11.8 Å². The largest absolute Gasteiger partial charge is 0.465 e. The van der Waals surface area contributed by atoms with Gasteiger partial charge in [-0.25, -0.2) is 0 Å². The highest BCUT2D eigenvalue weighted by molar-refractivity contribution is 6.01. The number of Topliss-reactive ketones (excluding diaryl/α,β-unsaturated/α-hetero) is 1. The van der Waals surface area contributed by atoms with Crippen LogP contribution in [0.5, 0.6) is 0 Å². The molecule has 1 unspecified atom stereocenters. The smallest absolute Gasteiger partial charge is 0.416 e. The molecule has 0 aliphatic heterocycles. The van der Waals surface area contributed by atoms with Crippen molar-refractivity contribution in [1.29, 1.82) is 0 Å². The van der Waals surface area contributed by atoms with Crippen molar-refractivity contribution in [2.45, 2.75) is 52.1 Å². The summed E-state index contributed by atoms with van der Waals surface area (Å²) in [7, 11) is 0. The Kier molecular flexibility index (Phi) is 8.26. The first kappa shape index (κ1) is 24.4. The van der Waals surface area contributed by atoms with Crippen molar-refractivity contribution in [2.24, 2.45) is 11.3 Å². The van der Waals surface area contributed by atoms with Gasteiger partial charge < -0.3 is 9.47 Å². The van der Waals surface area contributed by atoms with Crippen molar-refractivity contribution in [3.05, 3.63) is 35.4 Å². The fourth-order valence-electron chi connectivity index (χ4n) is 3.70. The van der Waals surface area contributed by atoms with E-state index >= 15 is 0 Å². The minimum absolute atomic E-state index is 0.0347. The highest BCUT2D eigenvalue weighted by Crippen LogP contribution is 2.42. The zero-order valence-corrected chi connectivity index (χ0v) is 17.5. The van der Waals surface area contributed by atoms with E-state index in [1.165, 1.54) is 12.1 Å². The summed E-state index contributed by atoms with van der Waals surface area (Å²) < 4.78 is 48.5. The highest BCUT2D eigenvalue weighted by atomic mass is 19.4. The summed E-state index contributed by atoms with van der Waals surface area (Å²) in [5.41, 5.74) is -2.26. The SMILES string of the molecule is CCOC(=O)C(CC#Cc1ccc(C(F)(F)F)cc1)(C(=O)OCC)C1CCCC(=O)C1. The number of hydrogen-bond donors (Lipinski definition) is 0. The maximum Gasteiger partial charge on any atom is 0.416 e. The van der Waals surface area contributed by atoms with E-state index in [1.54, 1.807) is 13.8 Å². The van der Waals surface area contributed by atoms with Gasteiger partial charge in [0.05, 0.1) is 18.8 Å². The number of alkyl halides is 3. The molecule has 0 radical (unpaired) electrons. The third-order valence-electron chi connectivity index (χ3n) is 5.27. The Labute approximate surface area is 179 Å². The fourth-order valence-corrected chi connectivity index (χ4v) is 3.70. The molecule has 1 aliphatic rings. The van der Waals surface area contributed by atoms with E-state index < -0.39 is 35.0 Å². The monoisotopic (exact) mass is 438 g/mol. The lowest BCUT2D eigenvalue weighted by molar-refractivity contribution is -0.177. The summed E-state index contributed by atoms with van der Waals surface area (Å²) in [6.07, 6.45) is -3.29. The van der Waals surface area contributed by atoms with E-state index in [0.29, 0.717) is 24.8 Å². The van der Waals surface area contributed by atoms with Gasteiger partial charge in [0, 0.05) is 24.8 Å². The number of carbonyl (C=O) groups is 3. The van der Waals surface area contributed by atoms with Gasteiger partial charge in [0.1, 0.15) is 5.78 Å². The first-order chi connectivity index (χ1) is 14.6. The standard InChI is InChI=1S/C23H25F3O5/c1-3-30-20(28)22(21(29)31-4-2,18-8-5-9-19(27)15-18)14-6-7-16-10-12-17(13-11-16)23(24,25)26/h10-13,18H,3-5,8-9,14-15H2,1-2H3. The van der Waals surface area contributed by atoms with Crippen LogP contribution in [0.15, 0.2) is 24.3 Å². The first-order valence-electron chi connectivity index (χ1n) is 10.2. The van der Waals surface area contributed by atoms with Crippen molar-refractivity contribution in [1.82, 2.24) is 0 Å². The van der Waals surface area contributed by atoms with E-state index in [9.17, 15) is 27.6 Å². The number of hydrogen-bond acceptors (Lipinski definition) is 5. The number of ether oxygens (including phenoxy) is 2. The van der Waals surface area contributed by atoms with Crippen LogP contribution in [0.2, 0.25) is 0 Å². The molecule has 0 aromatic heterocycles. The van der Waals surface area contributed by atoms with Crippen LogP contribution >= 0.6 is 0 Å². The molecular weight excluding hydrogens is 413 g/mol.